The number of aryl methyl sites for hydroxylation is 1. The lowest BCUT2D eigenvalue weighted by Gasteiger charge is -2.18. The Morgan fingerprint density at radius 1 is 1.32 bits per heavy atom. The number of hydrogen-bond donors (Lipinski definition) is 3. The van der Waals surface area contributed by atoms with E-state index in [-0.39, 0.29) is 12.2 Å². The van der Waals surface area contributed by atoms with Crippen molar-refractivity contribution in [2.45, 2.75) is 32.0 Å². The third-order valence-corrected chi connectivity index (χ3v) is 2.88. The molecule has 0 spiro atoms. The number of rotatable bonds is 8. The van der Waals surface area contributed by atoms with E-state index >= 15 is 0 Å². The average Bonchev–Trinajstić information content (AvgIpc) is 2.43. The number of carboxylic acid groups (broad SMARTS) is 1. The Balaban J connectivity index is 2.39. The number of amides is 1. The molecule has 0 saturated heterocycles. The smallest absolute Gasteiger partial charge is 0.387 e. The molecule has 0 saturated carbocycles. The predicted octanol–water partition coefficient (Wildman–Crippen LogP) is 1.17. The summed E-state index contributed by atoms with van der Waals surface area (Å²) in [5.41, 5.74) is -1.29. The first-order valence-corrected chi connectivity index (χ1v) is 6.47. The van der Waals surface area contributed by atoms with E-state index in [0.29, 0.717) is 6.42 Å². The number of hydrogen-bond acceptors (Lipinski definition) is 4. The number of aliphatic hydroxyl groups is 1. The lowest BCUT2D eigenvalue weighted by atomic mass is 10.1. The third kappa shape index (κ3) is 6.04. The number of alkyl halides is 2. The Labute approximate surface area is 125 Å². The Bertz CT molecular complexity index is 516. The summed E-state index contributed by atoms with van der Waals surface area (Å²) in [5, 5.41) is 20.4. The molecule has 1 aromatic carbocycles. The molecule has 6 nitrogen and oxygen atoms in total. The highest BCUT2D eigenvalue weighted by Gasteiger charge is 2.30. The third-order valence-electron chi connectivity index (χ3n) is 2.88. The summed E-state index contributed by atoms with van der Waals surface area (Å²) in [4.78, 5) is 22.2. The monoisotopic (exact) mass is 317 g/mol. The normalized spacial score (nSPS) is 13.5. The van der Waals surface area contributed by atoms with Crippen molar-refractivity contribution in [3.8, 4) is 5.75 Å². The van der Waals surface area contributed by atoms with Gasteiger partial charge >= 0.3 is 12.6 Å². The molecule has 22 heavy (non-hydrogen) atoms. The zero-order valence-corrected chi connectivity index (χ0v) is 11.9. The standard InChI is InChI=1S/C14H17F2NO5/c1-14(21,12(19)20)8-17-11(18)7-4-9-2-5-10(6-3-9)22-13(15)16/h2-3,5-6,13,21H,4,7-8H2,1H3,(H,17,18)(H,19,20). The van der Waals surface area contributed by atoms with Crippen LogP contribution in [0.2, 0.25) is 0 Å². The van der Waals surface area contributed by atoms with Crippen LogP contribution in [0.5, 0.6) is 5.75 Å². The molecule has 3 N–H and O–H groups in total. The zero-order chi connectivity index (χ0) is 16.8. The summed E-state index contributed by atoms with van der Waals surface area (Å²) in [5.74, 6) is -1.82. The van der Waals surface area contributed by atoms with Crippen LogP contribution in [0.3, 0.4) is 0 Å². The van der Waals surface area contributed by atoms with Gasteiger partial charge < -0.3 is 20.3 Å². The summed E-state index contributed by atoms with van der Waals surface area (Å²) in [6.07, 6.45) is 0.417. The van der Waals surface area contributed by atoms with E-state index in [0.717, 1.165) is 12.5 Å². The molecule has 0 bridgehead atoms. The van der Waals surface area contributed by atoms with Crippen molar-refractivity contribution in [1.82, 2.24) is 5.32 Å². The van der Waals surface area contributed by atoms with E-state index in [4.69, 9.17) is 5.11 Å². The molecular weight excluding hydrogens is 300 g/mol. The minimum Gasteiger partial charge on any atom is -0.479 e. The second-order valence-corrected chi connectivity index (χ2v) is 4.88. The first-order valence-electron chi connectivity index (χ1n) is 6.47. The van der Waals surface area contributed by atoms with Gasteiger partial charge in [-0.15, -0.1) is 0 Å². The summed E-state index contributed by atoms with van der Waals surface area (Å²) in [6, 6.07) is 5.85. The molecule has 8 heteroatoms. The molecule has 0 fully saturated rings. The van der Waals surface area contributed by atoms with Crippen molar-refractivity contribution in [1.29, 1.82) is 0 Å². The van der Waals surface area contributed by atoms with Gasteiger partial charge in [0, 0.05) is 6.42 Å². The molecule has 0 radical (unpaired) electrons. The lowest BCUT2D eigenvalue weighted by molar-refractivity contribution is -0.156. The van der Waals surface area contributed by atoms with E-state index in [1.807, 2.05) is 0 Å². The SMILES string of the molecule is CC(O)(CNC(=O)CCc1ccc(OC(F)F)cc1)C(=O)O. The Hall–Kier alpha value is -2.22. The molecule has 122 valence electrons. The van der Waals surface area contributed by atoms with Crippen LogP contribution < -0.4 is 10.1 Å². The lowest BCUT2D eigenvalue weighted by Crippen LogP contribution is -2.46. The van der Waals surface area contributed by atoms with Crippen molar-refractivity contribution >= 4 is 11.9 Å². The number of carbonyl (C=O) groups is 2. The van der Waals surface area contributed by atoms with Crippen molar-refractivity contribution in [2.75, 3.05) is 6.54 Å². The molecular formula is C14H17F2NO5. The van der Waals surface area contributed by atoms with Gasteiger partial charge in [0.15, 0.2) is 5.60 Å². The number of benzene rings is 1. The van der Waals surface area contributed by atoms with E-state index in [2.05, 4.69) is 10.1 Å². The Kier molecular flexibility index (Phi) is 6.24. The first kappa shape index (κ1) is 17.8. The van der Waals surface area contributed by atoms with Crippen molar-refractivity contribution in [3.05, 3.63) is 29.8 Å². The molecule has 1 amide bonds. The molecule has 0 aliphatic heterocycles. The number of halogens is 2. The second-order valence-electron chi connectivity index (χ2n) is 4.88. The number of ether oxygens (including phenoxy) is 1. The van der Waals surface area contributed by atoms with E-state index in [9.17, 15) is 23.5 Å². The fourth-order valence-electron chi connectivity index (χ4n) is 1.53. The number of nitrogens with one attached hydrogen (secondary N) is 1. The number of carboxylic acids is 1. The van der Waals surface area contributed by atoms with Crippen LogP contribution in [0, 0.1) is 0 Å². The van der Waals surface area contributed by atoms with E-state index < -0.39 is 30.6 Å². The quantitative estimate of drug-likeness (QED) is 0.669. The highest BCUT2D eigenvalue weighted by atomic mass is 19.3. The molecule has 0 aliphatic carbocycles. The van der Waals surface area contributed by atoms with Gasteiger partial charge in [-0.2, -0.15) is 8.78 Å². The topological polar surface area (TPSA) is 95.9 Å². The van der Waals surface area contributed by atoms with Gasteiger partial charge in [0.25, 0.3) is 0 Å². The minimum atomic E-state index is -2.89. The molecule has 1 atom stereocenters. The molecule has 1 aromatic rings. The van der Waals surface area contributed by atoms with Gasteiger partial charge in [0.05, 0.1) is 6.54 Å². The molecule has 0 aromatic heterocycles. The summed E-state index contributed by atoms with van der Waals surface area (Å²) in [7, 11) is 0. The van der Waals surface area contributed by atoms with Gasteiger partial charge in [0.2, 0.25) is 5.91 Å². The van der Waals surface area contributed by atoms with Crippen LogP contribution in [-0.4, -0.2) is 40.8 Å². The van der Waals surface area contributed by atoms with Gasteiger partial charge in [-0.1, -0.05) is 12.1 Å². The number of carbonyl (C=O) groups excluding carboxylic acids is 1. The summed E-state index contributed by atoms with van der Waals surface area (Å²) in [6.45, 7) is -2.21. The fraction of sp³-hybridized carbons (Fsp3) is 0.429. The van der Waals surface area contributed by atoms with Gasteiger partial charge in [-0.05, 0) is 31.0 Å². The fourth-order valence-corrected chi connectivity index (χ4v) is 1.53. The molecule has 1 unspecified atom stereocenters. The van der Waals surface area contributed by atoms with Crippen molar-refractivity contribution < 1.29 is 33.3 Å². The summed E-state index contributed by atoms with van der Waals surface area (Å²) < 4.78 is 28.1. The molecule has 1 rings (SSSR count). The van der Waals surface area contributed by atoms with E-state index in [1.165, 1.54) is 12.1 Å². The maximum absolute atomic E-state index is 12.0. The van der Waals surface area contributed by atoms with Crippen LogP contribution >= 0.6 is 0 Å². The zero-order valence-electron chi connectivity index (χ0n) is 11.9. The maximum Gasteiger partial charge on any atom is 0.387 e. The second kappa shape index (κ2) is 7.69. The maximum atomic E-state index is 12.0. The van der Waals surface area contributed by atoms with Crippen LogP contribution in [0.4, 0.5) is 8.78 Å². The highest BCUT2D eigenvalue weighted by molar-refractivity contribution is 5.80. The van der Waals surface area contributed by atoms with Crippen LogP contribution in [0.25, 0.3) is 0 Å². The van der Waals surface area contributed by atoms with Crippen LogP contribution in [0.15, 0.2) is 24.3 Å². The Morgan fingerprint density at radius 2 is 1.91 bits per heavy atom. The van der Waals surface area contributed by atoms with Gasteiger partial charge in [-0.25, -0.2) is 4.79 Å². The van der Waals surface area contributed by atoms with Crippen molar-refractivity contribution in [2.24, 2.45) is 0 Å². The largest absolute Gasteiger partial charge is 0.479 e. The predicted molar refractivity (Wildman–Crippen MR) is 72.7 cm³/mol. The van der Waals surface area contributed by atoms with Crippen molar-refractivity contribution in [3.63, 3.8) is 0 Å². The first-order chi connectivity index (χ1) is 10.2. The number of aliphatic carboxylic acids is 1. The van der Waals surface area contributed by atoms with Crippen LogP contribution in [-0.2, 0) is 16.0 Å². The minimum absolute atomic E-state index is 0.0284. The van der Waals surface area contributed by atoms with Crippen LogP contribution in [0.1, 0.15) is 18.9 Å². The molecule has 0 heterocycles. The Morgan fingerprint density at radius 3 is 2.41 bits per heavy atom. The summed E-state index contributed by atoms with van der Waals surface area (Å²) >= 11 is 0. The van der Waals surface area contributed by atoms with E-state index in [1.54, 1.807) is 12.1 Å². The van der Waals surface area contributed by atoms with Gasteiger partial charge in [-0.3, -0.25) is 4.79 Å². The average molecular weight is 317 g/mol. The highest BCUT2D eigenvalue weighted by Crippen LogP contribution is 2.15. The van der Waals surface area contributed by atoms with Gasteiger partial charge in [0.1, 0.15) is 5.75 Å². The molecule has 0 aliphatic rings.